The van der Waals surface area contributed by atoms with Gasteiger partial charge in [0.2, 0.25) is 17.7 Å². The second-order valence-electron chi connectivity index (χ2n) is 34.9. The van der Waals surface area contributed by atoms with Crippen molar-refractivity contribution in [3.63, 3.8) is 0 Å². The molecule has 656 valence electrons. The van der Waals surface area contributed by atoms with Crippen LogP contribution in [0.25, 0.3) is 33.1 Å². The highest BCUT2D eigenvalue weighted by molar-refractivity contribution is 6.33. The van der Waals surface area contributed by atoms with E-state index in [1.54, 1.807) is 127 Å². The van der Waals surface area contributed by atoms with Crippen molar-refractivity contribution < 1.29 is 57.3 Å². The van der Waals surface area contributed by atoms with Crippen LogP contribution in [-0.4, -0.2) is 132 Å². The normalized spacial score (nSPS) is 25.9. The summed E-state index contributed by atoms with van der Waals surface area (Å²) in [5, 5.41) is 39.6. The van der Waals surface area contributed by atoms with E-state index in [0.717, 1.165) is 109 Å². The number of nitrogens with one attached hydrogen (secondary N) is 3. The summed E-state index contributed by atoms with van der Waals surface area (Å²) in [6, 6.07) is 45.8. The lowest BCUT2D eigenvalue weighted by Gasteiger charge is -2.40. The van der Waals surface area contributed by atoms with Crippen LogP contribution in [0.5, 0.6) is 0 Å². The van der Waals surface area contributed by atoms with E-state index >= 15 is 13.2 Å². The van der Waals surface area contributed by atoms with Gasteiger partial charge in [0.15, 0.2) is 0 Å². The number of carboxylic acid groups (broad SMARTS) is 3. The number of likely N-dealkylation sites (tertiary alicyclic amines) is 3. The van der Waals surface area contributed by atoms with Gasteiger partial charge in [-0.05, 0) is 201 Å². The third kappa shape index (κ3) is 13.1. The predicted octanol–water partition coefficient (Wildman–Crippen LogP) is 21.7. The number of aromatic nitrogens is 6. The molecule has 0 bridgehead atoms. The molecule has 0 unspecified atom stereocenters. The number of aryl methyl sites for hydroxylation is 3. The number of aromatic carboxylic acids is 3. The Kier molecular flexibility index (Phi) is 22.1. The molecule has 12 aliphatic rings. The smallest absolute Gasteiger partial charge is 0.335 e. The zero-order chi connectivity index (χ0) is 84.6. The van der Waals surface area contributed by atoms with E-state index < -0.39 is 69.7 Å². The van der Waals surface area contributed by atoms with Crippen LogP contribution < -0.4 is 16.0 Å². The Bertz CT molecular complexity index is 6030. The minimum Gasteiger partial charge on any atom is -0.478 e. The number of rotatable bonds is 12. The van der Waals surface area contributed by atoms with E-state index in [-0.39, 0.29) is 115 Å². The van der Waals surface area contributed by atoms with Gasteiger partial charge in [-0.1, -0.05) is 154 Å². The lowest BCUT2D eigenvalue weighted by molar-refractivity contribution is -0.128. The van der Waals surface area contributed by atoms with E-state index in [4.69, 9.17) is 84.6 Å². The quantitative estimate of drug-likeness (QED) is 0.0664. The van der Waals surface area contributed by atoms with Crippen molar-refractivity contribution in [2.75, 3.05) is 35.6 Å². The molecule has 3 aromatic heterocycles. The number of amides is 3. The first-order chi connectivity index (χ1) is 59.4. The van der Waals surface area contributed by atoms with Crippen LogP contribution in [0.15, 0.2) is 164 Å². The maximum atomic E-state index is 16.1. The largest absolute Gasteiger partial charge is 0.478 e. The van der Waals surface area contributed by atoms with Crippen LogP contribution in [0.4, 0.5) is 30.2 Å². The highest BCUT2D eigenvalue weighted by Gasteiger charge is 2.73. The Balaban J connectivity index is 0.000000127. The first kappa shape index (κ1) is 87.3. The van der Waals surface area contributed by atoms with Gasteiger partial charge in [-0.2, -0.15) is 0 Å². The highest BCUT2D eigenvalue weighted by atomic mass is 35.5. The van der Waals surface area contributed by atoms with Gasteiger partial charge in [-0.15, -0.1) is 0 Å². The molecule has 3 aliphatic carbocycles. The van der Waals surface area contributed by atoms with Crippen LogP contribution in [-0.2, 0) is 50.6 Å². The van der Waals surface area contributed by atoms with Gasteiger partial charge in [-0.25, -0.2) is 42.5 Å². The zero-order valence-corrected chi connectivity index (χ0v) is 69.9. The third-order valence-electron chi connectivity index (χ3n) is 28.5. The van der Waals surface area contributed by atoms with E-state index in [1.165, 1.54) is 18.2 Å². The molecule has 12 aromatic rings. The average molecular weight is 1840 g/mol. The summed E-state index contributed by atoms with van der Waals surface area (Å²) < 4.78 is 54.8. The fraction of sp³-hybridized carbons (Fsp3) is 0.351. The number of benzene rings is 9. The second kappa shape index (κ2) is 32.1. The number of anilines is 3. The van der Waals surface area contributed by atoms with Crippen LogP contribution in [0.2, 0.25) is 30.1 Å². The summed E-state index contributed by atoms with van der Waals surface area (Å²) in [5.41, 5.74) is 6.39. The number of fused-ring (bicyclic) bond motifs is 21. The molecule has 21 nitrogen and oxygen atoms in total. The molecule has 9 aromatic carbocycles. The fourth-order valence-electron chi connectivity index (χ4n) is 23.2. The van der Waals surface area contributed by atoms with Crippen LogP contribution in [0.1, 0.15) is 205 Å². The first-order valence-corrected chi connectivity index (χ1v) is 43.8. The number of hydrogen-bond donors (Lipinski definition) is 6. The van der Waals surface area contributed by atoms with Crippen molar-refractivity contribution in [1.82, 2.24) is 43.4 Å². The molecule has 9 aliphatic heterocycles. The van der Waals surface area contributed by atoms with Gasteiger partial charge in [-0.3, -0.25) is 29.1 Å². The lowest BCUT2D eigenvalue weighted by atomic mass is 9.70. The minimum absolute atomic E-state index is 0. The number of nitrogens with zero attached hydrogens (tertiary/aromatic N) is 9. The highest BCUT2D eigenvalue weighted by Crippen LogP contribution is 2.69. The molecule has 127 heavy (non-hydrogen) atoms. The van der Waals surface area contributed by atoms with Gasteiger partial charge in [0.25, 0.3) is 0 Å². The Hall–Kier alpha value is -10.4. The average Bonchev–Trinajstić information content (AvgIpc) is 1.52. The molecule has 30 heteroatoms. The molecule has 3 saturated heterocycles. The summed E-state index contributed by atoms with van der Waals surface area (Å²) in [4.78, 5) is 101. The molecular formula is C97H91Cl6F3N12O9. The summed E-state index contributed by atoms with van der Waals surface area (Å²) in [7, 11) is 0. The minimum atomic E-state index is -1.21. The standard InChI is InChI=1S/3C31H25Cl2FN4O3.4CH4/c3*32-17-7-8-19-21(13-17)36-30(41)31(19)26(18-2-1-3-20(33)27(18)34)25-24(38(31)14-15-4-5-15)10-11-37-23-9-6-16(29(39)40)12-22(23)35-28(25)37;;;;/h3*1-3,6-9,12-13,15,24-26H,4-5,10-11,14H2,(H,36,41)(H,39,40);4*1H4/t3*24-,25+,26-,31+;;;;/m100..../s1. The van der Waals surface area contributed by atoms with Crippen molar-refractivity contribution >= 4 is 155 Å². The van der Waals surface area contributed by atoms with Crippen molar-refractivity contribution in [2.24, 2.45) is 17.8 Å². The number of imidazole rings is 3. The molecule has 3 amide bonds. The second-order valence-corrected chi connectivity index (χ2v) is 37.4. The van der Waals surface area contributed by atoms with Crippen LogP contribution in [0, 0.1) is 35.2 Å². The Morgan fingerprint density at radius 2 is 0.638 bits per heavy atom. The molecule has 12 heterocycles. The molecule has 6 N–H and O–H groups in total. The number of carbonyl (C=O) groups is 6. The number of hydrogen-bond acceptors (Lipinski definition) is 12. The SMILES string of the molecule is C.C.C.C.O=C(O)c1ccc2c(c1)nc1n2CC[C@@H]2[C@H]1[C@@H](c1cccc(Cl)c1F)[C@@]1(C(=O)Nc3cc(Cl)ccc31)N2CC1CC1.O=C(O)c1ccc2c(c1)nc1n2CC[C@H]2[C@@H]1[C@H](c1cccc(Cl)c1F)[C@]1(C(=O)Nc3cc(Cl)ccc31)N2CC1CC1.O=C(O)c1ccc2c(c1)nc1n2CC[C@H]2[C@@H]1[C@H](c1cccc(Cl)c1F)[C@]1(C(=O)Nc3cc(Cl)ccc31)N2CC1CC1. The number of halogens is 9. The molecule has 6 fully saturated rings. The maximum absolute atomic E-state index is 16.1. The number of carbonyl (C=O) groups excluding carboxylic acids is 3. The van der Waals surface area contributed by atoms with Gasteiger partial charge in [0.05, 0.1) is 64.9 Å². The van der Waals surface area contributed by atoms with E-state index in [2.05, 4.69) is 44.4 Å². The molecule has 3 spiro atoms. The molecule has 24 rings (SSSR count). The first-order valence-electron chi connectivity index (χ1n) is 41.5. The maximum Gasteiger partial charge on any atom is 0.335 e. The molecule has 3 saturated carbocycles. The van der Waals surface area contributed by atoms with E-state index in [9.17, 15) is 44.1 Å². The van der Waals surface area contributed by atoms with Crippen LogP contribution >= 0.6 is 69.6 Å². The summed E-state index contributed by atoms with van der Waals surface area (Å²) in [6.07, 6.45) is 8.72. The van der Waals surface area contributed by atoms with Gasteiger partial charge >= 0.3 is 17.9 Å². The van der Waals surface area contributed by atoms with E-state index in [0.29, 0.717) is 122 Å². The monoisotopic (exact) mass is 1830 g/mol. The number of carboxylic acids is 3. The lowest BCUT2D eigenvalue weighted by Crippen LogP contribution is -2.53. The van der Waals surface area contributed by atoms with Crippen LogP contribution in [0.3, 0.4) is 0 Å². The summed E-state index contributed by atoms with van der Waals surface area (Å²) >= 11 is 38.2. The predicted molar refractivity (Wildman–Crippen MR) is 486 cm³/mol. The Labute approximate surface area is 760 Å². The molecule has 12 atom stereocenters. The van der Waals surface area contributed by atoms with Crippen molar-refractivity contribution in [2.45, 2.75) is 177 Å². The van der Waals surface area contributed by atoms with E-state index in [1.807, 2.05) is 18.2 Å². The third-order valence-corrected chi connectivity index (χ3v) is 30.1. The van der Waals surface area contributed by atoms with Crippen molar-refractivity contribution in [3.05, 3.63) is 279 Å². The zero-order valence-electron chi connectivity index (χ0n) is 65.3. The van der Waals surface area contributed by atoms with Crippen molar-refractivity contribution in [1.29, 1.82) is 0 Å². The van der Waals surface area contributed by atoms with Gasteiger partial charge in [0, 0.05) is 142 Å². The van der Waals surface area contributed by atoms with Crippen molar-refractivity contribution in [3.8, 4) is 0 Å². The van der Waals surface area contributed by atoms with Gasteiger partial charge < -0.3 is 45.0 Å². The Morgan fingerprint density at radius 1 is 0.370 bits per heavy atom. The molecule has 0 radical (unpaired) electrons. The fourth-order valence-corrected chi connectivity index (χ4v) is 24.2. The topological polar surface area (TPSA) is 262 Å². The summed E-state index contributed by atoms with van der Waals surface area (Å²) in [5.74, 6) is -4.76. The van der Waals surface area contributed by atoms with Gasteiger partial charge in [0.1, 0.15) is 51.5 Å². The Morgan fingerprint density at radius 3 is 0.890 bits per heavy atom. The summed E-state index contributed by atoms with van der Waals surface area (Å²) in [6.45, 7) is 4.07. The molecular weight excluding hydrogens is 1750 g/mol.